The summed E-state index contributed by atoms with van der Waals surface area (Å²) in [6.07, 6.45) is 6.63. The van der Waals surface area contributed by atoms with E-state index < -0.39 is 9.84 Å². The van der Waals surface area contributed by atoms with Gasteiger partial charge in [0, 0.05) is 31.6 Å². The number of sulfone groups is 1. The van der Waals surface area contributed by atoms with E-state index in [1.165, 1.54) is 18.5 Å². The van der Waals surface area contributed by atoms with Crippen LogP contribution in [0.3, 0.4) is 0 Å². The molecule has 0 aliphatic carbocycles. The third kappa shape index (κ3) is 4.46. The van der Waals surface area contributed by atoms with Crippen molar-refractivity contribution >= 4 is 32.4 Å². The molecule has 1 fully saturated rings. The summed E-state index contributed by atoms with van der Waals surface area (Å²) in [4.78, 5) is 11.6. The van der Waals surface area contributed by atoms with Gasteiger partial charge in [-0.05, 0) is 43.0 Å². The van der Waals surface area contributed by atoms with E-state index >= 15 is 0 Å². The summed E-state index contributed by atoms with van der Waals surface area (Å²) >= 11 is 0. The summed E-state index contributed by atoms with van der Waals surface area (Å²) in [6, 6.07) is 6.97. The van der Waals surface area contributed by atoms with Gasteiger partial charge in [-0.2, -0.15) is 5.10 Å². The molecule has 1 aliphatic rings. The molecular formula is C21H27N6O2S. The zero-order chi connectivity index (χ0) is 21.3. The third-order valence-corrected chi connectivity index (χ3v) is 6.51. The van der Waals surface area contributed by atoms with Gasteiger partial charge in [0.15, 0.2) is 15.5 Å². The van der Waals surface area contributed by atoms with Crippen LogP contribution in [-0.4, -0.2) is 59.0 Å². The summed E-state index contributed by atoms with van der Waals surface area (Å²) < 4.78 is 25.3. The molecule has 2 aromatic heterocycles. The topological polar surface area (TPSA) is 93.0 Å². The van der Waals surface area contributed by atoms with Crippen molar-refractivity contribution in [2.45, 2.75) is 37.6 Å². The van der Waals surface area contributed by atoms with Crippen molar-refractivity contribution in [1.82, 2.24) is 24.6 Å². The molecule has 8 nitrogen and oxygen atoms in total. The van der Waals surface area contributed by atoms with Gasteiger partial charge in [0.2, 0.25) is 0 Å². The van der Waals surface area contributed by atoms with Crippen molar-refractivity contribution in [3.8, 4) is 0 Å². The Hall–Kier alpha value is -2.52. The molecule has 0 bridgehead atoms. The molecule has 0 saturated carbocycles. The van der Waals surface area contributed by atoms with Crippen molar-refractivity contribution in [3.63, 3.8) is 0 Å². The molecular weight excluding hydrogens is 400 g/mol. The fourth-order valence-electron chi connectivity index (χ4n) is 3.92. The molecule has 4 rings (SSSR count). The second kappa shape index (κ2) is 8.31. The fourth-order valence-corrected chi connectivity index (χ4v) is 4.55. The van der Waals surface area contributed by atoms with Crippen molar-refractivity contribution in [1.29, 1.82) is 0 Å². The van der Waals surface area contributed by atoms with Crippen LogP contribution in [0.1, 0.15) is 32.7 Å². The highest BCUT2D eigenvalue weighted by atomic mass is 32.2. The Morgan fingerprint density at radius 2 is 1.83 bits per heavy atom. The van der Waals surface area contributed by atoms with Crippen LogP contribution in [-0.2, 0) is 9.84 Å². The molecule has 0 spiro atoms. The lowest BCUT2D eigenvalue weighted by atomic mass is 10.0. The molecule has 159 valence electrons. The molecule has 9 heteroatoms. The molecule has 0 atom stereocenters. The van der Waals surface area contributed by atoms with Crippen LogP contribution in [0, 0.1) is 5.92 Å². The molecule has 1 saturated heterocycles. The van der Waals surface area contributed by atoms with Crippen molar-refractivity contribution in [3.05, 3.63) is 42.7 Å². The molecule has 1 aliphatic heterocycles. The third-order valence-electron chi connectivity index (χ3n) is 5.38. The Labute approximate surface area is 177 Å². The Balaban J connectivity index is 1.53. The first-order chi connectivity index (χ1) is 14.3. The van der Waals surface area contributed by atoms with E-state index in [1.807, 2.05) is 4.68 Å². The number of anilines is 2. The summed E-state index contributed by atoms with van der Waals surface area (Å²) in [5, 5.41) is 8.74. The van der Waals surface area contributed by atoms with Gasteiger partial charge >= 0.3 is 0 Å². The Morgan fingerprint density at radius 1 is 1.13 bits per heavy atom. The lowest BCUT2D eigenvalue weighted by Crippen LogP contribution is -2.36. The van der Waals surface area contributed by atoms with E-state index in [2.05, 4.69) is 39.1 Å². The number of nitrogens with one attached hydrogen (secondary N) is 1. The van der Waals surface area contributed by atoms with Gasteiger partial charge in [-0.25, -0.2) is 23.1 Å². The molecule has 0 amide bonds. The van der Waals surface area contributed by atoms with E-state index in [-0.39, 0.29) is 4.90 Å². The average molecular weight is 428 g/mol. The zero-order valence-corrected chi connectivity index (χ0v) is 18.4. The quantitative estimate of drug-likeness (QED) is 0.645. The minimum atomic E-state index is -3.22. The zero-order valence-electron chi connectivity index (χ0n) is 17.5. The first-order valence-corrected chi connectivity index (χ1v) is 12.0. The van der Waals surface area contributed by atoms with Gasteiger partial charge in [-0.1, -0.05) is 13.8 Å². The molecule has 30 heavy (non-hydrogen) atoms. The van der Waals surface area contributed by atoms with E-state index in [0.29, 0.717) is 11.9 Å². The highest BCUT2D eigenvalue weighted by Crippen LogP contribution is 2.29. The van der Waals surface area contributed by atoms with Gasteiger partial charge in [-0.15, -0.1) is 0 Å². The van der Waals surface area contributed by atoms with E-state index in [4.69, 9.17) is 0 Å². The lowest BCUT2D eigenvalue weighted by Gasteiger charge is -2.32. The maximum absolute atomic E-state index is 11.6. The maximum atomic E-state index is 11.6. The second-order valence-electron chi connectivity index (χ2n) is 8.18. The van der Waals surface area contributed by atoms with Gasteiger partial charge in [0.1, 0.15) is 12.1 Å². The Bertz CT molecular complexity index is 1120. The van der Waals surface area contributed by atoms with Crippen LogP contribution in [0.4, 0.5) is 11.5 Å². The Morgan fingerprint density at radius 3 is 2.47 bits per heavy atom. The van der Waals surface area contributed by atoms with E-state index in [9.17, 15) is 8.42 Å². The average Bonchev–Trinajstić information content (AvgIpc) is 3.13. The number of rotatable bonds is 6. The lowest BCUT2D eigenvalue weighted by molar-refractivity contribution is 0.188. The van der Waals surface area contributed by atoms with Crippen LogP contribution < -0.4 is 5.32 Å². The molecule has 1 N–H and O–H groups in total. The molecule has 1 aromatic carbocycles. The van der Waals surface area contributed by atoms with Crippen LogP contribution in [0.25, 0.3) is 11.0 Å². The monoisotopic (exact) mass is 427 g/mol. The number of hydrogen-bond acceptors (Lipinski definition) is 7. The smallest absolute Gasteiger partial charge is 0.175 e. The summed E-state index contributed by atoms with van der Waals surface area (Å²) in [5.41, 5.74) is 1.58. The largest absolute Gasteiger partial charge is 0.340 e. The number of nitrogens with zero attached hydrogens (tertiary/aromatic N) is 5. The molecule has 3 aromatic rings. The number of piperidine rings is 1. The predicted molar refractivity (Wildman–Crippen MR) is 117 cm³/mol. The van der Waals surface area contributed by atoms with Crippen LogP contribution in [0.5, 0.6) is 0 Å². The first kappa shape index (κ1) is 20.7. The second-order valence-corrected chi connectivity index (χ2v) is 10.2. The van der Waals surface area contributed by atoms with Crippen LogP contribution >= 0.6 is 0 Å². The standard InChI is InChI=1S/C21H27N6O2S/c1-15(2)13-26-10-8-17(9-11-26)27-21-19(12-24-27)20(22-14-23-21)25-16-4-6-18(7-5-16)30(3,28)29/h4-7,12,14,17H,8-11,13H2,1-3H3,(H,22,23,25). The number of aromatic nitrogens is 4. The van der Waals surface area contributed by atoms with E-state index in [1.54, 1.807) is 30.5 Å². The molecule has 0 unspecified atom stereocenters. The minimum Gasteiger partial charge on any atom is -0.340 e. The highest BCUT2D eigenvalue weighted by molar-refractivity contribution is 7.90. The maximum Gasteiger partial charge on any atom is 0.175 e. The van der Waals surface area contributed by atoms with Crippen LogP contribution in [0.2, 0.25) is 0 Å². The van der Waals surface area contributed by atoms with Gasteiger partial charge < -0.3 is 10.2 Å². The number of hydrogen-bond donors (Lipinski definition) is 1. The SMILES string of the molecule is C[C](C)CN1CCC(n2ncc3c(Nc4ccc(S(C)(=O)=O)cc4)ncnc32)CC1. The molecule has 1 radical (unpaired) electrons. The summed E-state index contributed by atoms with van der Waals surface area (Å²) in [6.45, 7) is 7.52. The van der Waals surface area contributed by atoms with Gasteiger partial charge in [0.25, 0.3) is 0 Å². The predicted octanol–water partition coefficient (Wildman–Crippen LogP) is 3.22. The number of benzene rings is 1. The fraction of sp³-hybridized carbons (Fsp3) is 0.429. The van der Waals surface area contributed by atoms with Gasteiger partial charge in [-0.3, -0.25) is 0 Å². The normalized spacial score (nSPS) is 16.4. The summed E-state index contributed by atoms with van der Waals surface area (Å²) in [5.74, 6) is 2.10. The first-order valence-electron chi connectivity index (χ1n) is 10.1. The van der Waals surface area contributed by atoms with E-state index in [0.717, 1.165) is 49.2 Å². The molecule has 3 heterocycles. The Kier molecular flexibility index (Phi) is 5.75. The van der Waals surface area contributed by atoms with Gasteiger partial charge in [0.05, 0.1) is 22.5 Å². The van der Waals surface area contributed by atoms with Crippen molar-refractivity contribution in [2.24, 2.45) is 0 Å². The highest BCUT2D eigenvalue weighted by Gasteiger charge is 2.24. The number of fused-ring (bicyclic) bond motifs is 1. The van der Waals surface area contributed by atoms with Crippen molar-refractivity contribution in [2.75, 3.05) is 31.2 Å². The minimum absolute atomic E-state index is 0.288. The number of likely N-dealkylation sites (tertiary alicyclic amines) is 1. The van der Waals surface area contributed by atoms with Crippen LogP contribution in [0.15, 0.2) is 41.7 Å². The van der Waals surface area contributed by atoms with Crippen molar-refractivity contribution < 1.29 is 8.42 Å². The summed E-state index contributed by atoms with van der Waals surface area (Å²) in [7, 11) is -3.22.